The van der Waals surface area contributed by atoms with Gasteiger partial charge in [0.2, 0.25) is 5.91 Å². The lowest BCUT2D eigenvalue weighted by atomic mass is 10.0. The summed E-state index contributed by atoms with van der Waals surface area (Å²) in [6, 6.07) is 8.00. The summed E-state index contributed by atoms with van der Waals surface area (Å²) in [6.07, 6.45) is 0. The Morgan fingerprint density at radius 1 is 1.08 bits per heavy atom. The normalized spacial score (nSPS) is 11.4. The first-order chi connectivity index (χ1) is 12.1. The summed E-state index contributed by atoms with van der Waals surface area (Å²) < 4.78 is 38.8. The third kappa shape index (κ3) is 4.63. The third-order valence-corrected chi connectivity index (χ3v) is 6.66. The minimum atomic E-state index is -3.92. The summed E-state index contributed by atoms with van der Waals surface area (Å²) in [5.41, 5.74) is 5.17. The Balaban J connectivity index is 2.07. The first kappa shape index (κ1) is 20.4. The van der Waals surface area contributed by atoms with Crippen molar-refractivity contribution < 1.29 is 17.6 Å². The van der Waals surface area contributed by atoms with Gasteiger partial charge >= 0.3 is 0 Å². The van der Waals surface area contributed by atoms with Gasteiger partial charge in [0.25, 0.3) is 10.0 Å². The molecular weight excluding hydrogens is 375 g/mol. The molecule has 0 saturated heterocycles. The maximum Gasteiger partial charge on any atom is 0.257 e. The molecule has 1 amide bonds. The maximum absolute atomic E-state index is 13.5. The zero-order valence-corrected chi connectivity index (χ0v) is 16.6. The van der Waals surface area contributed by atoms with Crippen LogP contribution in [0.15, 0.2) is 40.1 Å². The van der Waals surface area contributed by atoms with E-state index in [4.69, 9.17) is 0 Å². The molecule has 0 aliphatic rings. The monoisotopic (exact) mass is 396 g/mol. The van der Waals surface area contributed by atoms with Crippen molar-refractivity contribution in [3.63, 3.8) is 0 Å². The molecule has 0 atom stereocenters. The van der Waals surface area contributed by atoms with E-state index in [0.717, 1.165) is 22.9 Å². The molecule has 0 bridgehead atoms. The van der Waals surface area contributed by atoms with E-state index in [1.54, 1.807) is 32.0 Å². The van der Waals surface area contributed by atoms with Gasteiger partial charge in [-0.25, -0.2) is 12.8 Å². The van der Waals surface area contributed by atoms with Gasteiger partial charge in [-0.15, -0.1) is 16.6 Å². The Kier molecular flexibility index (Phi) is 6.44. The zero-order valence-electron chi connectivity index (χ0n) is 15.0. The number of hydrogen-bond donors (Lipinski definition) is 2. The molecule has 26 heavy (non-hydrogen) atoms. The predicted molar refractivity (Wildman–Crippen MR) is 101 cm³/mol. The molecule has 0 radical (unpaired) electrons. The largest absolute Gasteiger partial charge is 0.277 e. The quantitative estimate of drug-likeness (QED) is 0.581. The van der Waals surface area contributed by atoms with Crippen molar-refractivity contribution in [2.45, 2.75) is 37.5 Å². The Morgan fingerprint density at radius 2 is 1.65 bits per heavy atom. The molecule has 0 aliphatic carbocycles. The van der Waals surface area contributed by atoms with Gasteiger partial charge < -0.3 is 0 Å². The molecule has 0 aromatic heterocycles. The van der Waals surface area contributed by atoms with Crippen LogP contribution in [0.5, 0.6) is 0 Å². The smallest absolute Gasteiger partial charge is 0.257 e. The van der Waals surface area contributed by atoms with Crippen LogP contribution in [0.2, 0.25) is 0 Å². The number of thioether (sulfide) groups is 1. The van der Waals surface area contributed by atoms with Gasteiger partial charge in [-0.1, -0.05) is 18.2 Å². The standard InChI is InChI=1S/C18H21FN2O3S2/c1-11-9-12(2)14(4)18(13(11)3)26(23,24)21-20-17(22)10-25-16-8-6-5-7-15(16)19/h5-9,21H,10H2,1-4H3,(H,20,22). The van der Waals surface area contributed by atoms with Gasteiger partial charge in [-0.05, 0) is 62.1 Å². The van der Waals surface area contributed by atoms with Crippen LogP contribution in [0.25, 0.3) is 0 Å². The number of amides is 1. The zero-order chi connectivity index (χ0) is 19.5. The van der Waals surface area contributed by atoms with E-state index >= 15 is 0 Å². The van der Waals surface area contributed by atoms with Crippen LogP contribution in [0.4, 0.5) is 4.39 Å². The van der Waals surface area contributed by atoms with E-state index in [1.165, 1.54) is 6.07 Å². The second-order valence-corrected chi connectivity index (χ2v) is 8.60. The number of rotatable bonds is 6. The maximum atomic E-state index is 13.5. The van der Waals surface area contributed by atoms with Crippen molar-refractivity contribution in [2.24, 2.45) is 0 Å². The van der Waals surface area contributed by atoms with Crippen molar-refractivity contribution in [3.8, 4) is 0 Å². The number of hydrazine groups is 1. The Hall–Kier alpha value is -1.90. The molecule has 140 valence electrons. The summed E-state index contributed by atoms with van der Waals surface area (Å²) in [5.74, 6) is -1.11. The molecule has 0 heterocycles. The fourth-order valence-electron chi connectivity index (χ4n) is 2.50. The molecule has 0 saturated carbocycles. The number of aryl methyl sites for hydroxylation is 2. The summed E-state index contributed by atoms with van der Waals surface area (Å²) in [5, 5.41) is 0. The second-order valence-electron chi connectivity index (χ2n) is 5.96. The van der Waals surface area contributed by atoms with Crippen LogP contribution in [-0.4, -0.2) is 20.1 Å². The van der Waals surface area contributed by atoms with E-state index in [0.29, 0.717) is 16.0 Å². The molecule has 0 unspecified atom stereocenters. The van der Waals surface area contributed by atoms with Gasteiger partial charge in [-0.3, -0.25) is 10.2 Å². The molecule has 8 heteroatoms. The van der Waals surface area contributed by atoms with Gasteiger partial charge in [-0.2, -0.15) is 0 Å². The van der Waals surface area contributed by atoms with Gasteiger partial charge in [0, 0.05) is 4.90 Å². The van der Waals surface area contributed by atoms with Crippen LogP contribution in [0.1, 0.15) is 22.3 Å². The van der Waals surface area contributed by atoms with Crippen LogP contribution in [0.3, 0.4) is 0 Å². The predicted octanol–water partition coefficient (Wildman–Crippen LogP) is 3.16. The third-order valence-electron chi connectivity index (χ3n) is 4.09. The lowest BCUT2D eigenvalue weighted by Gasteiger charge is -2.16. The van der Waals surface area contributed by atoms with Crippen LogP contribution in [0, 0.1) is 33.5 Å². The Morgan fingerprint density at radius 3 is 2.23 bits per heavy atom. The van der Waals surface area contributed by atoms with Crippen molar-refractivity contribution >= 4 is 27.7 Å². The highest BCUT2D eigenvalue weighted by molar-refractivity contribution is 8.00. The number of halogens is 1. The molecule has 5 nitrogen and oxygen atoms in total. The van der Waals surface area contributed by atoms with Crippen molar-refractivity contribution in [1.82, 2.24) is 10.3 Å². The molecule has 2 N–H and O–H groups in total. The Labute approximate surface area is 157 Å². The molecule has 2 aromatic carbocycles. The van der Waals surface area contributed by atoms with Crippen LogP contribution >= 0.6 is 11.8 Å². The van der Waals surface area contributed by atoms with Gasteiger partial charge in [0.15, 0.2) is 0 Å². The highest BCUT2D eigenvalue weighted by Crippen LogP contribution is 2.25. The molecule has 0 aliphatic heterocycles. The summed E-state index contributed by atoms with van der Waals surface area (Å²) in [7, 11) is -3.92. The second kappa shape index (κ2) is 8.20. The van der Waals surface area contributed by atoms with Crippen molar-refractivity contribution in [2.75, 3.05) is 5.75 Å². The number of carbonyl (C=O) groups is 1. The van der Waals surface area contributed by atoms with Crippen LogP contribution in [-0.2, 0) is 14.8 Å². The first-order valence-electron chi connectivity index (χ1n) is 7.89. The van der Waals surface area contributed by atoms with Crippen molar-refractivity contribution in [3.05, 3.63) is 58.4 Å². The Bertz CT molecular complexity index is 917. The van der Waals surface area contributed by atoms with Gasteiger partial charge in [0.1, 0.15) is 5.82 Å². The molecule has 2 aromatic rings. The molecule has 2 rings (SSSR count). The molecular formula is C18H21FN2O3S2. The van der Waals surface area contributed by atoms with E-state index in [2.05, 4.69) is 10.3 Å². The average Bonchev–Trinajstić information content (AvgIpc) is 2.57. The number of hydrogen-bond acceptors (Lipinski definition) is 4. The highest BCUT2D eigenvalue weighted by atomic mass is 32.2. The van der Waals surface area contributed by atoms with Crippen molar-refractivity contribution in [1.29, 1.82) is 0 Å². The summed E-state index contributed by atoms with van der Waals surface area (Å²) in [4.78, 5) is 14.5. The number of benzene rings is 2. The van der Waals surface area contributed by atoms with Gasteiger partial charge in [0.05, 0.1) is 10.6 Å². The van der Waals surface area contributed by atoms with E-state index in [-0.39, 0.29) is 10.6 Å². The summed E-state index contributed by atoms with van der Waals surface area (Å²) >= 11 is 0.991. The number of carbonyl (C=O) groups excluding carboxylic acids is 1. The minimum absolute atomic E-state index is 0.117. The fourth-order valence-corrected chi connectivity index (χ4v) is 4.72. The first-order valence-corrected chi connectivity index (χ1v) is 10.4. The lowest BCUT2D eigenvalue weighted by molar-refractivity contribution is -0.119. The molecule has 0 spiro atoms. The summed E-state index contributed by atoms with van der Waals surface area (Å²) in [6.45, 7) is 7.13. The minimum Gasteiger partial charge on any atom is -0.277 e. The van der Waals surface area contributed by atoms with Crippen LogP contribution < -0.4 is 10.3 Å². The molecule has 0 fully saturated rings. The number of sulfonamides is 1. The topological polar surface area (TPSA) is 75.3 Å². The van der Waals surface area contributed by atoms with E-state index in [1.807, 2.05) is 19.9 Å². The van der Waals surface area contributed by atoms with E-state index < -0.39 is 21.7 Å². The average molecular weight is 397 g/mol. The highest BCUT2D eigenvalue weighted by Gasteiger charge is 2.22. The lowest BCUT2D eigenvalue weighted by Crippen LogP contribution is -2.43. The SMILES string of the molecule is Cc1cc(C)c(C)c(S(=O)(=O)NNC(=O)CSc2ccccc2F)c1C. The fraction of sp³-hybridized carbons (Fsp3) is 0.278. The number of nitrogens with one attached hydrogen (secondary N) is 2. The van der Waals surface area contributed by atoms with E-state index in [9.17, 15) is 17.6 Å².